The number of amides is 1. The summed E-state index contributed by atoms with van der Waals surface area (Å²) in [7, 11) is 0. The summed E-state index contributed by atoms with van der Waals surface area (Å²) in [5.41, 5.74) is 2.06. The lowest BCUT2D eigenvalue weighted by molar-refractivity contribution is 0.0949. The summed E-state index contributed by atoms with van der Waals surface area (Å²) in [6, 6.07) is 9.58. The minimum atomic E-state index is -0.171. The third kappa shape index (κ3) is 3.01. The van der Waals surface area contributed by atoms with Crippen LogP contribution in [0.1, 0.15) is 36.0 Å². The van der Waals surface area contributed by atoms with E-state index in [0.29, 0.717) is 23.5 Å². The predicted molar refractivity (Wildman–Crippen MR) is 101 cm³/mol. The fourth-order valence-electron chi connectivity index (χ4n) is 2.81. The molecule has 4 heterocycles. The highest BCUT2D eigenvalue weighted by Crippen LogP contribution is 2.28. The molecule has 6 nitrogen and oxygen atoms in total. The highest BCUT2D eigenvalue weighted by molar-refractivity contribution is 7.13. The first-order valence-electron chi connectivity index (χ1n) is 8.36. The average Bonchev–Trinajstić information content (AvgIpc) is 3.39. The predicted octanol–water partition coefficient (Wildman–Crippen LogP) is 4.26. The molecule has 0 atom stereocenters. The molecule has 0 saturated carbocycles. The van der Waals surface area contributed by atoms with Gasteiger partial charge in [-0.3, -0.25) is 4.79 Å². The molecular weight excluding hydrogens is 348 g/mol. The maximum atomic E-state index is 12.8. The van der Waals surface area contributed by atoms with Crippen LogP contribution in [0.5, 0.6) is 0 Å². The van der Waals surface area contributed by atoms with Crippen LogP contribution < -0.4 is 5.32 Å². The van der Waals surface area contributed by atoms with E-state index in [4.69, 9.17) is 9.40 Å². The van der Waals surface area contributed by atoms with Crippen molar-refractivity contribution in [1.82, 2.24) is 20.1 Å². The van der Waals surface area contributed by atoms with Crippen LogP contribution in [0.2, 0.25) is 0 Å². The van der Waals surface area contributed by atoms with Crippen LogP contribution in [0.4, 0.5) is 0 Å². The minimum Gasteiger partial charge on any atom is -0.467 e. The van der Waals surface area contributed by atoms with Gasteiger partial charge in [-0.1, -0.05) is 6.07 Å². The molecule has 4 aromatic rings. The van der Waals surface area contributed by atoms with Crippen LogP contribution in [0, 0.1) is 0 Å². The first-order chi connectivity index (χ1) is 12.6. The number of nitrogens with zero attached hydrogens (tertiary/aromatic N) is 3. The fraction of sp³-hybridized carbons (Fsp3) is 0.211. The smallest absolute Gasteiger partial charge is 0.252 e. The molecule has 7 heteroatoms. The molecule has 0 fully saturated rings. The molecule has 0 spiro atoms. The molecule has 0 bridgehead atoms. The Hall–Kier alpha value is -2.93. The van der Waals surface area contributed by atoms with Gasteiger partial charge in [0.1, 0.15) is 5.76 Å². The topological polar surface area (TPSA) is 73.0 Å². The average molecular weight is 366 g/mol. The van der Waals surface area contributed by atoms with E-state index in [1.165, 1.54) is 0 Å². The standard InChI is InChI=1S/C19H18N4O2S/c1-12(2)23-18-15(11-21-23)14(9-16(22-18)17-6-4-8-26-17)19(24)20-10-13-5-3-7-25-13/h3-9,11-12H,10H2,1-2H3,(H,20,24). The van der Waals surface area contributed by atoms with Crippen molar-refractivity contribution in [3.8, 4) is 10.6 Å². The van der Waals surface area contributed by atoms with Crippen molar-refractivity contribution in [2.75, 3.05) is 0 Å². The maximum Gasteiger partial charge on any atom is 0.252 e. The van der Waals surface area contributed by atoms with Gasteiger partial charge < -0.3 is 9.73 Å². The molecule has 26 heavy (non-hydrogen) atoms. The van der Waals surface area contributed by atoms with Crippen molar-refractivity contribution in [2.24, 2.45) is 0 Å². The Morgan fingerprint density at radius 1 is 1.35 bits per heavy atom. The summed E-state index contributed by atoms with van der Waals surface area (Å²) in [6.45, 7) is 4.42. The summed E-state index contributed by atoms with van der Waals surface area (Å²) in [5, 5.41) is 10.1. The van der Waals surface area contributed by atoms with E-state index in [9.17, 15) is 4.79 Å². The van der Waals surface area contributed by atoms with E-state index in [-0.39, 0.29) is 11.9 Å². The van der Waals surface area contributed by atoms with Gasteiger partial charge in [-0.2, -0.15) is 5.10 Å². The van der Waals surface area contributed by atoms with E-state index in [2.05, 4.69) is 10.4 Å². The van der Waals surface area contributed by atoms with E-state index in [1.807, 2.05) is 48.2 Å². The lowest BCUT2D eigenvalue weighted by atomic mass is 10.1. The molecule has 0 saturated heterocycles. The third-order valence-electron chi connectivity index (χ3n) is 4.08. The van der Waals surface area contributed by atoms with Gasteiger partial charge in [-0.15, -0.1) is 11.3 Å². The zero-order chi connectivity index (χ0) is 18.1. The highest BCUT2D eigenvalue weighted by atomic mass is 32.1. The molecule has 1 N–H and O–H groups in total. The number of furan rings is 1. The van der Waals surface area contributed by atoms with E-state index in [1.54, 1.807) is 29.9 Å². The van der Waals surface area contributed by atoms with Crippen molar-refractivity contribution >= 4 is 28.3 Å². The summed E-state index contributed by atoms with van der Waals surface area (Å²) >= 11 is 1.59. The molecule has 0 aliphatic rings. The number of hydrogen-bond acceptors (Lipinski definition) is 5. The second kappa shape index (κ2) is 6.76. The van der Waals surface area contributed by atoms with Crippen molar-refractivity contribution in [2.45, 2.75) is 26.4 Å². The van der Waals surface area contributed by atoms with Crippen molar-refractivity contribution in [3.05, 3.63) is 59.5 Å². The molecule has 132 valence electrons. The zero-order valence-corrected chi connectivity index (χ0v) is 15.3. The van der Waals surface area contributed by atoms with Gasteiger partial charge in [0.15, 0.2) is 5.65 Å². The molecule has 4 rings (SSSR count). The van der Waals surface area contributed by atoms with Crippen molar-refractivity contribution in [1.29, 1.82) is 0 Å². The molecule has 0 aliphatic heterocycles. The number of rotatable bonds is 5. The SMILES string of the molecule is CC(C)n1ncc2c(C(=O)NCc3ccco3)cc(-c3cccs3)nc21. The molecule has 0 unspecified atom stereocenters. The first-order valence-corrected chi connectivity index (χ1v) is 9.24. The van der Waals surface area contributed by atoms with Gasteiger partial charge in [0.2, 0.25) is 0 Å². The normalized spacial score (nSPS) is 11.3. The zero-order valence-electron chi connectivity index (χ0n) is 14.5. The fourth-order valence-corrected chi connectivity index (χ4v) is 3.50. The van der Waals surface area contributed by atoms with Crippen LogP contribution in [-0.2, 0) is 6.54 Å². The Labute approximate surface area is 154 Å². The number of thiophene rings is 1. The van der Waals surface area contributed by atoms with Crippen LogP contribution in [0.15, 0.2) is 52.6 Å². The van der Waals surface area contributed by atoms with Crippen molar-refractivity contribution < 1.29 is 9.21 Å². The Morgan fingerprint density at radius 3 is 2.92 bits per heavy atom. The number of fused-ring (bicyclic) bond motifs is 1. The highest BCUT2D eigenvalue weighted by Gasteiger charge is 2.19. The lowest BCUT2D eigenvalue weighted by Gasteiger charge is -2.10. The van der Waals surface area contributed by atoms with Gasteiger partial charge in [0.25, 0.3) is 5.91 Å². The van der Waals surface area contributed by atoms with Gasteiger partial charge >= 0.3 is 0 Å². The maximum absolute atomic E-state index is 12.8. The molecule has 0 radical (unpaired) electrons. The van der Waals surface area contributed by atoms with Crippen LogP contribution in [0.3, 0.4) is 0 Å². The largest absolute Gasteiger partial charge is 0.467 e. The summed E-state index contributed by atoms with van der Waals surface area (Å²) < 4.78 is 7.13. The summed E-state index contributed by atoms with van der Waals surface area (Å²) in [6.07, 6.45) is 3.30. The number of aromatic nitrogens is 3. The monoisotopic (exact) mass is 366 g/mol. The van der Waals surface area contributed by atoms with Crippen LogP contribution in [0.25, 0.3) is 21.6 Å². The van der Waals surface area contributed by atoms with E-state index < -0.39 is 0 Å². The van der Waals surface area contributed by atoms with Crippen molar-refractivity contribution in [3.63, 3.8) is 0 Å². The van der Waals surface area contributed by atoms with Crippen LogP contribution in [-0.4, -0.2) is 20.7 Å². The molecular formula is C19H18N4O2S. The number of carbonyl (C=O) groups excluding carboxylic acids is 1. The second-order valence-electron chi connectivity index (χ2n) is 6.21. The van der Waals surface area contributed by atoms with Gasteiger partial charge in [0.05, 0.1) is 40.5 Å². The second-order valence-corrected chi connectivity index (χ2v) is 7.16. The summed E-state index contributed by atoms with van der Waals surface area (Å²) in [5.74, 6) is 0.537. The van der Waals surface area contributed by atoms with Crippen LogP contribution >= 0.6 is 11.3 Å². The Kier molecular flexibility index (Phi) is 4.30. The number of carbonyl (C=O) groups is 1. The Morgan fingerprint density at radius 2 is 2.23 bits per heavy atom. The van der Waals surface area contributed by atoms with Gasteiger partial charge in [0, 0.05) is 6.04 Å². The Balaban J connectivity index is 1.77. The summed E-state index contributed by atoms with van der Waals surface area (Å²) in [4.78, 5) is 18.6. The quantitative estimate of drug-likeness (QED) is 0.573. The molecule has 0 aromatic carbocycles. The van der Waals surface area contributed by atoms with Gasteiger partial charge in [-0.25, -0.2) is 9.67 Å². The number of hydrogen-bond donors (Lipinski definition) is 1. The molecule has 4 aromatic heterocycles. The number of nitrogens with one attached hydrogen (secondary N) is 1. The minimum absolute atomic E-state index is 0.151. The first kappa shape index (κ1) is 16.5. The van der Waals surface area contributed by atoms with E-state index >= 15 is 0 Å². The van der Waals surface area contributed by atoms with E-state index in [0.717, 1.165) is 16.0 Å². The molecule has 1 amide bonds. The Bertz CT molecular complexity index is 1030. The lowest BCUT2D eigenvalue weighted by Crippen LogP contribution is -2.23. The van der Waals surface area contributed by atoms with Gasteiger partial charge in [-0.05, 0) is 43.5 Å². The third-order valence-corrected chi connectivity index (χ3v) is 4.97. The molecule has 0 aliphatic carbocycles. The number of pyridine rings is 1.